The molecule has 1 aromatic rings. The summed E-state index contributed by atoms with van der Waals surface area (Å²) in [6, 6.07) is 5.97. The largest absolute Gasteiger partial charge is 0.479 e. The van der Waals surface area contributed by atoms with Crippen molar-refractivity contribution in [2.24, 2.45) is 0 Å². The van der Waals surface area contributed by atoms with Gasteiger partial charge in [0.1, 0.15) is 5.75 Å². The van der Waals surface area contributed by atoms with Crippen molar-refractivity contribution in [3.63, 3.8) is 0 Å². The normalized spacial score (nSPS) is 17.7. The molecule has 0 aromatic heterocycles. The summed E-state index contributed by atoms with van der Waals surface area (Å²) < 4.78 is 41.4. The molecule has 0 bridgehead atoms. The predicted octanol–water partition coefficient (Wildman–Crippen LogP) is 0.648. The molecular formula is C14H19NO6S. The second-order valence-corrected chi connectivity index (χ2v) is 6.71. The van der Waals surface area contributed by atoms with Crippen molar-refractivity contribution >= 4 is 16.0 Å². The first-order valence-corrected chi connectivity index (χ1v) is 8.31. The molecular weight excluding hydrogens is 310 g/mol. The van der Waals surface area contributed by atoms with Gasteiger partial charge < -0.3 is 14.2 Å². The Balaban J connectivity index is 2.09. The molecule has 0 radical (unpaired) electrons. The van der Waals surface area contributed by atoms with Gasteiger partial charge in [-0.1, -0.05) is 0 Å². The van der Waals surface area contributed by atoms with Crippen LogP contribution in [0.15, 0.2) is 29.2 Å². The van der Waals surface area contributed by atoms with Gasteiger partial charge in [0.15, 0.2) is 6.10 Å². The van der Waals surface area contributed by atoms with E-state index in [2.05, 4.69) is 4.74 Å². The van der Waals surface area contributed by atoms with Crippen LogP contribution in [0, 0.1) is 0 Å². The molecule has 0 saturated carbocycles. The number of morpholine rings is 1. The van der Waals surface area contributed by atoms with E-state index in [1.54, 1.807) is 6.92 Å². The van der Waals surface area contributed by atoms with Crippen molar-refractivity contribution in [2.75, 3.05) is 33.4 Å². The minimum Gasteiger partial charge on any atom is -0.479 e. The molecule has 1 aromatic carbocycles. The van der Waals surface area contributed by atoms with Gasteiger partial charge in [-0.05, 0) is 31.2 Å². The molecule has 0 N–H and O–H groups in total. The summed E-state index contributed by atoms with van der Waals surface area (Å²) in [7, 11) is -2.24. The van der Waals surface area contributed by atoms with Gasteiger partial charge in [0.25, 0.3) is 0 Å². The van der Waals surface area contributed by atoms with Crippen LogP contribution in [0.1, 0.15) is 6.92 Å². The number of carbonyl (C=O) groups is 1. The van der Waals surface area contributed by atoms with Crippen LogP contribution in [0.3, 0.4) is 0 Å². The number of rotatable bonds is 5. The minimum atomic E-state index is -3.52. The molecule has 1 atom stereocenters. The van der Waals surface area contributed by atoms with E-state index < -0.39 is 22.1 Å². The molecule has 8 heteroatoms. The standard InChI is InChI=1S/C14H19NO6S/c1-11(14(16)19-2)21-12-3-5-13(6-4-12)22(17,18)15-7-9-20-10-8-15/h3-6,11H,7-10H2,1-2H3/t11-/m0/s1. The smallest absolute Gasteiger partial charge is 0.346 e. The third-order valence-corrected chi connectivity index (χ3v) is 5.19. The Morgan fingerprint density at radius 3 is 2.36 bits per heavy atom. The van der Waals surface area contributed by atoms with Gasteiger partial charge in [0, 0.05) is 13.1 Å². The Kier molecular flexibility index (Phi) is 5.38. The number of esters is 1. The van der Waals surface area contributed by atoms with E-state index in [1.807, 2.05) is 0 Å². The van der Waals surface area contributed by atoms with E-state index in [0.717, 1.165) is 0 Å². The fraction of sp³-hybridized carbons (Fsp3) is 0.500. The average Bonchev–Trinajstić information content (AvgIpc) is 2.55. The van der Waals surface area contributed by atoms with Crippen molar-refractivity contribution < 1.29 is 27.4 Å². The molecule has 2 rings (SSSR count). The van der Waals surface area contributed by atoms with Crippen LogP contribution < -0.4 is 4.74 Å². The summed E-state index contributed by atoms with van der Waals surface area (Å²) in [5, 5.41) is 0. The van der Waals surface area contributed by atoms with E-state index in [1.165, 1.54) is 35.7 Å². The van der Waals surface area contributed by atoms with Crippen molar-refractivity contribution in [1.82, 2.24) is 4.31 Å². The molecule has 1 fully saturated rings. The topological polar surface area (TPSA) is 82.1 Å². The lowest BCUT2D eigenvalue weighted by Gasteiger charge is -2.26. The summed E-state index contributed by atoms with van der Waals surface area (Å²) in [6.45, 7) is 3.05. The molecule has 0 aliphatic carbocycles. The molecule has 1 aliphatic heterocycles. The SMILES string of the molecule is COC(=O)[C@H](C)Oc1ccc(S(=O)(=O)N2CCOCC2)cc1. The maximum atomic E-state index is 12.4. The molecule has 1 saturated heterocycles. The average molecular weight is 329 g/mol. The lowest BCUT2D eigenvalue weighted by molar-refractivity contribution is -0.147. The highest BCUT2D eigenvalue weighted by Crippen LogP contribution is 2.21. The van der Waals surface area contributed by atoms with E-state index in [9.17, 15) is 13.2 Å². The molecule has 1 heterocycles. The fourth-order valence-electron chi connectivity index (χ4n) is 2.04. The zero-order chi connectivity index (χ0) is 16.2. The van der Waals surface area contributed by atoms with E-state index in [-0.39, 0.29) is 4.90 Å². The van der Waals surface area contributed by atoms with Gasteiger partial charge in [-0.2, -0.15) is 4.31 Å². The molecule has 0 unspecified atom stereocenters. The number of carbonyl (C=O) groups excluding carboxylic acids is 1. The Morgan fingerprint density at radius 2 is 1.82 bits per heavy atom. The van der Waals surface area contributed by atoms with Crippen LogP contribution in [0.5, 0.6) is 5.75 Å². The van der Waals surface area contributed by atoms with Crippen LogP contribution >= 0.6 is 0 Å². The monoisotopic (exact) mass is 329 g/mol. The number of methoxy groups -OCH3 is 1. The maximum absolute atomic E-state index is 12.4. The summed E-state index contributed by atoms with van der Waals surface area (Å²) in [4.78, 5) is 11.5. The fourth-order valence-corrected chi connectivity index (χ4v) is 3.45. The van der Waals surface area contributed by atoms with Crippen LogP contribution in [-0.2, 0) is 24.3 Å². The molecule has 22 heavy (non-hydrogen) atoms. The number of benzene rings is 1. The lowest BCUT2D eigenvalue weighted by atomic mass is 10.3. The summed E-state index contributed by atoms with van der Waals surface area (Å²) in [5.74, 6) is -0.0937. The maximum Gasteiger partial charge on any atom is 0.346 e. The predicted molar refractivity (Wildman–Crippen MR) is 78.1 cm³/mol. The zero-order valence-corrected chi connectivity index (χ0v) is 13.3. The van der Waals surface area contributed by atoms with Gasteiger partial charge >= 0.3 is 5.97 Å². The highest BCUT2D eigenvalue weighted by atomic mass is 32.2. The molecule has 7 nitrogen and oxygen atoms in total. The Bertz CT molecular complexity index is 607. The van der Waals surface area contributed by atoms with Crippen LogP contribution in [0.25, 0.3) is 0 Å². The van der Waals surface area contributed by atoms with Crippen LogP contribution in [-0.4, -0.2) is 58.2 Å². The van der Waals surface area contributed by atoms with E-state index in [4.69, 9.17) is 9.47 Å². The third-order valence-electron chi connectivity index (χ3n) is 3.28. The number of hydrogen-bond donors (Lipinski definition) is 0. The van der Waals surface area contributed by atoms with Crippen molar-refractivity contribution in [2.45, 2.75) is 17.9 Å². The highest BCUT2D eigenvalue weighted by molar-refractivity contribution is 7.89. The molecule has 0 amide bonds. The van der Waals surface area contributed by atoms with E-state index in [0.29, 0.717) is 32.1 Å². The Hall–Kier alpha value is -1.64. The van der Waals surface area contributed by atoms with Crippen LogP contribution in [0.4, 0.5) is 0 Å². The summed E-state index contributed by atoms with van der Waals surface area (Å²) in [5.41, 5.74) is 0. The first-order chi connectivity index (χ1) is 10.4. The summed E-state index contributed by atoms with van der Waals surface area (Å²) >= 11 is 0. The first-order valence-electron chi connectivity index (χ1n) is 6.87. The number of sulfonamides is 1. The first kappa shape index (κ1) is 16.7. The second-order valence-electron chi connectivity index (χ2n) is 4.77. The zero-order valence-electron chi connectivity index (χ0n) is 12.5. The molecule has 1 aliphatic rings. The quantitative estimate of drug-likeness (QED) is 0.738. The van der Waals surface area contributed by atoms with Gasteiger partial charge in [-0.25, -0.2) is 13.2 Å². The van der Waals surface area contributed by atoms with Crippen molar-refractivity contribution in [3.8, 4) is 5.75 Å². The summed E-state index contributed by atoms with van der Waals surface area (Å²) in [6.07, 6.45) is -0.758. The Morgan fingerprint density at radius 1 is 1.23 bits per heavy atom. The van der Waals surface area contributed by atoms with Crippen molar-refractivity contribution in [1.29, 1.82) is 0 Å². The second kappa shape index (κ2) is 7.08. The number of ether oxygens (including phenoxy) is 3. The Labute approximate surface area is 129 Å². The minimum absolute atomic E-state index is 0.187. The number of nitrogens with zero attached hydrogens (tertiary/aromatic N) is 1. The molecule has 122 valence electrons. The molecule has 0 spiro atoms. The number of hydrogen-bond acceptors (Lipinski definition) is 6. The van der Waals surface area contributed by atoms with Gasteiger partial charge in [0.05, 0.1) is 25.2 Å². The van der Waals surface area contributed by atoms with E-state index >= 15 is 0 Å². The van der Waals surface area contributed by atoms with Gasteiger partial charge in [-0.15, -0.1) is 0 Å². The highest BCUT2D eigenvalue weighted by Gasteiger charge is 2.26. The van der Waals surface area contributed by atoms with Crippen molar-refractivity contribution in [3.05, 3.63) is 24.3 Å². The van der Waals surface area contributed by atoms with Gasteiger partial charge in [0.2, 0.25) is 10.0 Å². The lowest BCUT2D eigenvalue weighted by Crippen LogP contribution is -2.40. The third kappa shape index (κ3) is 3.76. The van der Waals surface area contributed by atoms with Gasteiger partial charge in [-0.3, -0.25) is 0 Å². The van der Waals surface area contributed by atoms with Crippen LogP contribution in [0.2, 0.25) is 0 Å².